The number of carboxylic acids is 1. The Morgan fingerprint density at radius 1 is 1.33 bits per heavy atom. The number of hydrogen-bond donors (Lipinski definition) is 3. The van der Waals surface area contributed by atoms with Gasteiger partial charge >= 0.3 is 12.0 Å². The molecule has 0 radical (unpaired) electrons. The normalized spacial score (nSPS) is 11.8. The lowest BCUT2D eigenvalue weighted by molar-refractivity contribution is -0.139. The first-order chi connectivity index (χ1) is 9.85. The van der Waals surface area contributed by atoms with Crippen LogP contribution in [-0.2, 0) is 4.79 Å². The molecule has 3 N–H and O–H groups in total. The number of halogens is 2. The lowest BCUT2D eigenvalue weighted by Crippen LogP contribution is -2.43. The summed E-state index contributed by atoms with van der Waals surface area (Å²) in [6.45, 7) is 1.39. The van der Waals surface area contributed by atoms with Crippen molar-refractivity contribution < 1.29 is 23.5 Å². The van der Waals surface area contributed by atoms with Crippen LogP contribution in [0, 0.1) is 18.6 Å². The van der Waals surface area contributed by atoms with E-state index in [1.165, 1.54) is 18.7 Å². The van der Waals surface area contributed by atoms with E-state index in [2.05, 4.69) is 10.6 Å². The van der Waals surface area contributed by atoms with Crippen LogP contribution < -0.4 is 10.6 Å². The highest BCUT2D eigenvalue weighted by atomic mass is 32.2. The molecular formula is C13H16F2N2O3S. The van der Waals surface area contributed by atoms with Crippen molar-refractivity contribution in [3.63, 3.8) is 0 Å². The number of carboxylic acid groups (broad SMARTS) is 1. The molecule has 21 heavy (non-hydrogen) atoms. The highest BCUT2D eigenvalue weighted by Gasteiger charge is 2.20. The molecule has 1 atom stereocenters. The Labute approximate surface area is 125 Å². The third-order valence-corrected chi connectivity index (χ3v) is 3.35. The lowest BCUT2D eigenvalue weighted by Gasteiger charge is -2.15. The molecule has 0 unspecified atom stereocenters. The van der Waals surface area contributed by atoms with Crippen molar-refractivity contribution in [3.05, 3.63) is 29.3 Å². The largest absolute Gasteiger partial charge is 0.480 e. The zero-order chi connectivity index (χ0) is 16.0. The summed E-state index contributed by atoms with van der Waals surface area (Å²) in [6, 6.07) is -0.184. The van der Waals surface area contributed by atoms with Gasteiger partial charge in [-0.2, -0.15) is 11.8 Å². The second-order valence-corrected chi connectivity index (χ2v) is 5.34. The first kappa shape index (κ1) is 17.2. The summed E-state index contributed by atoms with van der Waals surface area (Å²) in [7, 11) is 0. The van der Waals surface area contributed by atoms with Gasteiger partial charge in [0.15, 0.2) is 0 Å². The van der Waals surface area contributed by atoms with E-state index in [0.717, 1.165) is 12.1 Å². The van der Waals surface area contributed by atoms with Crippen molar-refractivity contribution in [2.45, 2.75) is 19.4 Å². The number of anilines is 1. The molecule has 1 aromatic rings. The number of aryl methyl sites for hydroxylation is 1. The number of thioether (sulfide) groups is 1. The van der Waals surface area contributed by atoms with Crippen molar-refractivity contribution in [2.24, 2.45) is 0 Å². The van der Waals surface area contributed by atoms with Crippen molar-refractivity contribution in [3.8, 4) is 0 Å². The zero-order valence-corrected chi connectivity index (χ0v) is 12.4. The summed E-state index contributed by atoms with van der Waals surface area (Å²) in [5.41, 5.74) is -0.230. The minimum atomic E-state index is -1.19. The molecule has 0 heterocycles. The summed E-state index contributed by atoms with van der Waals surface area (Å²) in [5, 5.41) is 13.3. The summed E-state index contributed by atoms with van der Waals surface area (Å²) < 4.78 is 26.9. The molecule has 1 rings (SSSR count). The average Bonchev–Trinajstić information content (AvgIpc) is 2.40. The van der Waals surface area contributed by atoms with Gasteiger partial charge < -0.3 is 15.7 Å². The van der Waals surface area contributed by atoms with Crippen LogP contribution in [0.1, 0.15) is 12.0 Å². The number of carbonyl (C=O) groups excluding carboxylic acids is 1. The number of nitrogens with one attached hydrogen (secondary N) is 2. The van der Waals surface area contributed by atoms with Gasteiger partial charge in [-0.3, -0.25) is 0 Å². The van der Waals surface area contributed by atoms with Crippen molar-refractivity contribution >= 4 is 29.4 Å². The molecule has 8 heteroatoms. The van der Waals surface area contributed by atoms with Crippen LogP contribution in [0.5, 0.6) is 0 Å². The second-order valence-electron chi connectivity index (χ2n) is 4.35. The molecule has 0 aromatic heterocycles. The molecule has 116 valence electrons. The summed E-state index contributed by atoms with van der Waals surface area (Å²) in [4.78, 5) is 22.6. The third-order valence-electron chi connectivity index (χ3n) is 2.71. The number of benzene rings is 1. The highest BCUT2D eigenvalue weighted by molar-refractivity contribution is 7.98. The van der Waals surface area contributed by atoms with Crippen LogP contribution in [0.3, 0.4) is 0 Å². The van der Waals surface area contributed by atoms with Gasteiger partial charge in [-0.15, -0.1) is 0 Å². The first-order valence-electron chi connectivity index (χ1n) is 6.10. The van der Waals surface area contributed by atoms with Gasteiger partial charge in [-0.1, -0.05) is 0 Å². The maximum absolute atomic E-state index is 13.6. The fourth-order valence-corrected chi connectivity index (χ4v) is 2.02. The smallest absolute Gasteiger partial charge is 0.326 e. The van der Waals surface area contributed by atoms with Gasteiger partial charge in [0.2, 0.25) is 0 Å². The first-order valence-corrected chi connectivity index (χ1v) is 7.49. The van der Waals surface area contributed by atoms with Crippen molar-refractivity contribution in [2.75, 3.05) is 17.3 Å². The molecule has 0 saturated carbocycles. The van der Waals surface area contributed by atoms with Gasteiger partial charge in [0.1, 0.15) is 17.7 Å². The van der Waals surface area contributed by atoms with Gasteiger partial charge in [-0.05, 0) is 37.0 Å². The van der Waals surface area contributed by atoms with Gasteiger partial charge in [0.25, 0.3) is 0 Å². The summed E-state index contributed by atoms with van der Waals surface area (Å²) in [6.07, 6.45) is 2.04. The van der Waals surface area contributed by atoms with E-state index in [9.17, 15) is 18.4 Å². The fraction of sp³-hybridized carbons (Fsp3) is 0.385. The van der Waals surface area contributed by atoms with E-state index in [1.807, 2.05) is 6.26 Å². The Morgan fingerprint density at radius 3 is 2.57 bits per heavy atom. The number of aliphatic carboxylic acids is 1. The maximum atomic E-state index is 13.6. The molecule has 0 aliphatic rings. The van der Waals surface area contributed by atoms with E-state index < -0.39 is 29.7 Å². The highest BCUT2D eigenvalue weighted by Crippen LogP contribution is 2.18. The molecule has 1 aromatic carbocycles. The van der Waals surface area contributed by atoms with Crippen LogP contribution in [0.25, 0.3) is 0 Å². The predicted octanol–water partition coefficient (Wildman–Crippen LogP) is 2.60. The standard InChI is InChI=1S/C13H16F2N2O3S/c1-7-5-9(15)11(6-8(7)14)17-13(20)16-10(12(18)19)3-4-21-2/h5-6,10H,3-4H2,1-2H3,(H,18,19)(H2,16,17,20)/t10-/m0/s1. The van der Waals surface area contributed by atoms with Crippen molar-refractivity contribution in [1.29, 1.82) is 0 Å². The van der Waals surface area contributed by atoms with Crippen LogP contribution >= 0.6 is 11.8 Å². The topological polar surface area (TPSA) is 78.4 Å². The number of hydrogen-bond acceptors (Lipinski definition) is 3. The molecule has 2 amide bonds. The third kappa shape index (κ3) is 5.22. The van der Waals surface area contributed by atoms with Gasteiger partial charge in [-0.25, -0.2) is 18.4 Å². The zero-order valence-electron chi connectivity index (χ0n) is 11.6. The number of rotatable bonds is 6. The molecule has 0 saturated heterocycles. The average molecular weight is 318 g/mol. The predicted molar refractivity (Wildman–Crippen MR) is 77.7 cm³/mol. The Hall–Kier alpha value is -1.83. The molecule has 5 nitrogen and oxygen atoms in total. The van der Waals surface area contributed by atoms with Crippen LogP contribution in [0.2, 0.25) is 0 Å². The molecule has 0 bridgehead atoms. The summed E-state index contributed by atoms with van der Waals surface area (Å²) >= 11 is 1.44. The molecule has 0 fully saturated rings. The Bertz CT molecular complexity index is 540. The molecule has 0 aliphatic heterocycles. The number of urea groups is 1. The van der Waals surface area contributed by atoms with Crippen LogP contribution in [0.15, 0.2) is 12.1 Å². The van der Waals surface area contributed by atoms with E-state index >= 15 is 0 Å². The Morgan fingerprint density at radius 2 is 2.00 bits per heavy atom. The van der Waals surface area contributed by atoms with Crippen LogP contribution in [-0.4, -0.2) is 35.2 Å². The monoisotopic (exact) mass is 318 g/mol. The summed E-state index contributed by atoms with van der Waals surface area (Å²) in [5.74, 6) is -2.09. The SMILES string of the molecule is CSCC[C@H](NC(=O)Nc1cc(F)c(C)cc1F)C(=O)O. The Balaban J connectivity index is 2.72. The quantitative estimate of drug-likeness (QED) is 0.753. The molecule has 0 spiro atoms. The van der Waals surface area contributed by atoms with Gasteiger partial charge in [0.05, 0.1) is 5.69 Å². The number of carbonyl (C=O) groups is 2. The lowest BCUT2D eigenvalue weighted by atomic mass is 10.2. The second kappa shape index (κ2) is 7.82. The Kier molecular flexibility index (Phi) is 6.41. The van der Waals surface area contributed by atoms with Crippen molar-refractivity contribution in [1.82, 2.24) is 5.32 Å². The van der Waals surface area contributed by atoms with E-state index in [4.69, 9.17) is 5.11 Å². The minimum absolute atomic E-state index is 0.113. The van der Waals surface area contributed by atoms with Crippen LogP contribution in [0.4, 0.5) is 19.3 Å². The fourth-order valence-electron chi connectivity index (χ4n) is 1.55. The maximum Gasteiger partial charge on any atom is 0.326 e. The van der Waals surface area contributed by atoms with E-state index in [-0.39, 0.29) is 17.7 Å². The van der Waals surface area contributed by atoms with E-state index in [0.29, 0.717) is 5.75 Å². The van der Waals surface area contributed by atoms with E-state index in [1.54, 1.807) is 0 Å². The molecule has 0 aliphatic carbocycles. The van der Waals surface area contributed by atoms with Gasteiger partial charge in [0, 0.05) is 6.07 Å². The molecular weight excluding hydrogens is 302 g/mol. The minimum Gasteiger partial charge on any atom is -0.480 e. The number of amides is 2.